The summed E-state index contributed by atoms with van der Waals surface area (Å²) in [4.78, 5) is 34.6. The van der Waals surface area contributed by atoms with Crippen molar-refractivity contribution < 1.29 is 18.9 Å². The summed E-state index contributed by atoms with van der Waals surface area (Å²) in [7, 11) is 0. The van der Waals surface area contributed by atoms with Crippen molar-refractivity contribution in [1.29, 1.82) is 0 Å². The van der Waals surface area contributed by atoms with Crippen LogP contribution >= 0.6 is 23.1 Å². The van der Waals surface area contributed by atoms with Gasteiger partial charge in [0.15, 0.2) is 4.34 Å². The topological polar surface area (TPSA) is 127 Å². The molecule has 154 valence electrons. The normalized spacial score (nSPS) is 10.4. The van der Waals surface area contributed by atoms with Crippen molar-refractivity contribution in [2.24, 2.45) is 0 Å². The first-order chi connectivity index (χ1) is 14.4. The van der Waals surface area contributed by atoms with E-state index in [1.807, 2.05) is 0 Å². The van der Waals surface area contributed by atoms with Gasteiger partial charge in [0.2, 0.25) is 11.0 Å². The van der Waals surface area contributed by atoms with Crippen LogP contribution < -0.4 is 10.6 Å². The number of hydrogen-bond donors (Lipinski definition) is 2. The third kappa shape index (κ3) is 5.81. The van der Waals surface area contributed by atoms with E-state index in [2.05, 4.69) is 20.8 Å². The number of para-hydroxylation sites is 1. The SMILES string of the molecule is O=C(CSc1nnc(NC(=O)c2ccccc2[N+](=O)[O-])s1)NCc1ccc(F)cc1. The first kappa shape index (κ1) is 21.3. The highest BCUT2D eigenvalue weighted by molar-refractivity contribution is 8.01. The Balaban J connectivity index is 1.50. The predicted octanol–water partition coefficient (Wildman–Crippen LogP) is 3.25. The van der Waals surface area contributed by atoms with E-state index in [0.29, 0.717) is 4.34 Å². The van der Waals surface area contributed by atoms with Gasteiger partial charge in [-0.05, 0) is 23.8 Å². The van der Waals surface area contributed by atoms with E-state index in [9.17, 15) is 24.1 Å². The number of anilines is 1. The first-order valence-electron chi connectivity index (χ1n) is 8.44. The number of benzene rings is 2. The van der Waals surface area contributed by atoms with Crippen LogP contribution in [0.2, 0.25) is 0 Å². The van der Waals surface area contributed by atoms with Crippen LogP contribution in [0.3, 0.4) is 0 Å². The molecule has 0 bridgehead atoms. The van der Waals surface area contributed by atoms with Crippen molar-refractivity contribution >= 4 is 45.7 Å². The Kier molecular flexibility index (Phi) is 7.03. The van der Waals surface area contributed by atoms with Crippen molar-refractivity contribution in [3.05, 3.63) is 75.6 Å². The van der Waals surface area contributed by atoms with E-state index in [1.54, 1.807) is 12.1 Å². The highest BCUT2D eigenvalue weighted by atomic mass is 32.2. The number of nitro groups is 1. The third-order valence-electron chi connectivity index (χ3n) is 3.70. The Morgan fingerprint density at radius 1 is 1.13 bits per heavy atom. The first-order valence-corrected chi connectivity index (χ1v) is 10.2. The molecule has 0 saturated carbocycles. The second-order valence-corrected chi connectivity index (χ2v) is 7.99. The molecule has 9 nitrogen and oxygen atoms in total. The van der Waals surface area contributed by atoms with Gasteiger partial charge in [0, 0.05) is 12.6 Å². The predicted molar refractivity (Wildman–Crippen MR) is 110 cm³/mol. The summed E-state index contributed by atoms with van der Waals surface area (Å²) < 4.78 is 13.3. The number of amides is 2. The zero-order valence-electron chi connectivity index (χ0n) is 15.2. The minimum Gasteiger partial charge on any atom is -0.351 e. The molecule has 0 atom stereocenters. The number of hydrogen-bond acceptors (Lipinski definition) is 8. The minimum atomic E-state index is -0.674. The molecule has 0 saturated heterocycles. The molecule has 0 spiro atoms. The number of carbonyl (C=O) groups excluding carboxylic acids is 2. The molecule has 2 amide bonds. The molecule has 0 unspecified atom stereocenters. The quantitative estimate of drug-likeness (QED) is 0.235. The molecule has 12 heteroatoms. The summed E-state index contributed by atoms with van der Waals surface area (Å²) in [5.74, 6) is -1.19. The number of nitrogens with one attached hydrogen (secondary N) is 2. The molecule has 1 aromatic heterocycles. The van der Waals surface area contributed by atoms with Crippen LogP contribution in [0, 0.1) is 15.9 Å². The number of thioether (sulfide) groups is 1. The van der Waals surface area contributed by atoms with Gasteiger partial charge in [-0.25, -0.2) is 4.39 Å². The van der Waals surface area contributed by atoms with Crippen molar-refractivity contribution in [1.82, 2.24) is 15.5 Å². The van der Waals surface area contributed by atoms with Gasteiger partial charge in [0.1, 0.15) is 11.4 Å². The third-order valence-corrected chi connectivity index (χ3v) is 5.67. The van der Waals surface area contributed by atoms with E-state index >= 15 is 0 Å². The average Bonchev–Trinajstić information content (AvgIpc) is 3.19. The molecule has 0 aliphatic heterocycles. The van der Waals surface area contributed by atoms with E-state index in [1.165, 1.54) is 36.4 Å². The fourth-order valence-corrected chi connectivity index (χ4v) is 3.87. The van der Waals surface area contributed by atoms with Crippen LogP contribution in [0.5, 0.6) is 0 Å². The second kappa shape index (κ2) is 9.89. The van der Waals surface area contributed by atoms with Crippen LogP contribution in [0.25, 0.3) is 0 Å². The summed E-state index contributed by atoms with van der Waals surface area (Å²) in [5.41, 5.74) is 0.365. The van der Waals surface area contributed by atoms with E-state index < -0.39 is 10.8 Å². The fourth-order valence-electron chi connectivity index (χ4n) is 2.29. The van der Waals surface area contributed by atoms with Gasteiger partial charge in [-0.1, -0.05) is 47.4 Å². The maximum Gasteiger partial charge on any atom is 0.282 e. The Hall–Kier alpha value is -3.38. The Labute approximate surface area is 177 Å². The molecule has 3 aromatic rings. The number of nitro benzene ring substituents is 1. The molecular weight excluding hydrogens is 433 g/mol. The van der Waals surface area contributed by atoms with Crippen LogP contribution in [0.1, 0.15) is 15.9 Å². The van der Waals surface area contributed by atoms with E-state index in [-0.39, 0.29) is 40.4 Å². The zero-order valence-corrected chi connectivity index (χ0v) is 16.8. The van der Waals surface area contributed by atoms with Gasteiger partial charge >= 0.3 is 0 Å². The smallest absolute Gasteiger partial charge is 0.282 e. The van der Waals surface area contributed by atoms with Crippen molar-refractivity contribution in [2.75, 3.05) is 11.1 Å². The largest absolute Gasteiger partial charge is 0.351 e. The summed E-state index contributed by atoms with van der Waals surface area (Å²) in [5, 5.41) is 24.1. The molecule has 2 aromatic carbocycles. The summed E-state index contributed by atoms with van der Waals surface area (Å²) in [6.45, 7) is 0.271. The highest BCUT2D eigenvalue weighted by Crippen LogP contribution is 2.26. The van der Waals surface area contributed by atoms with Crippen molar-refractivity contribution in [3.63, 3.8) is 0 Å². The molecule has 2 N–H and O–H groups in total. The van der Waals surface area contributed by atoms with Gasteiger partial charge in [0.05, 0.1) is 10.7 Å². The van der Waals surface area contributed by atoms with Crippen LogP contribution in [0.4, 0.5) is 15.2 Å². The van der Waals surface area contributed by atoms with E-state index in [4.69, 9.17) is 0 Å². The molecule has 30 heavy (non-hydrogen) atoms. The van der Waals surface area contributed by atoms with Crippen LogP contribution in [0.15, 0.2) is 52.9 Å². The molecule has 3 rings (SSSR count). The molecule has 0 radical (unpaired) electrons. The lowest BCUT2D eigenvalue weighted by atomic mass is 10.1. The highest BCUT2D eigenvalue weighted by Gasteiger charge is 2.20. The van der Waals surface area contributed by atoms with Gasteiger partial charge in [-0.2, -0.15) is 0 Å². The number of aromatic nitrogens is 2. The standard InChI is InChI=1S/C18H14FN5O4S2/c19-12-7-5-11(6-8-12)9-20-15(25)10-29-18-23-22-17(30-18)21-16(26)13-3-1-2-4-14(13)24(27)28/h1-8H,9-10H2,(H,20,25)(H,21,22,26). The van der Waals surface area contributed by atoms with Crippen molar-refractivity contribution in [2.45, 2.75) is 10.9 Å². The lowest BCUT2D eigenvalue weighted by Gasteiger charge is -2.04. The van der Waals surface area contributed by atoms with E-state index in [0.717, 1.165) is 28.7 Å². The fraction of sp³-hybridized carbons (Fsp3) is 0.111. The Bertz CT molecular complexity index is 1070. The summed E-state index contributed by atoms with van der Waals surface area (Å²) in [6, 6.07) is 11.4. The summed E-state index contributed by atoms with van der Waals surface area (Å²) >= 11 is 2.18. The number of halogens is 1. The monoisotopic (exact) mass is 447 g/mol. The van der Waals surface area contributed by atoms with Gasteiger partial charge in [-0.3, -0.25) is 25.0 Å². The molecule has 1 heterocycles. The average molecular weight is 447 g/mol. The minimum absolute atomic E-state index is 0.0773. The van der Waals surface area contributed by atoms with Gasteiger partial charge in [0.25, 0.3) is 11.6 Å². The molecule has 0 fully saturated rings. The van der Waals surface area contributed by atoms with Crippen molar-refractivity contribution in [3.8, 4) is 0 Å². The maximum absolute atomic E-state index is 12.9. The van der Waals surface area contributed by atoms with Crippen LogP contribution in [-0.4, -0.2) is 32.7 Å². The van der Waals surface area contributed by atoms with Gasteiger partial charge < -0.3 is 5.32 Å². The lowest BCUT2D eigenvalue weighted by molar-refractivity contribution is -0.385. The molecular formula is C18H14FN5O4S2. The van der Waals surface area contributed by atoms with Gasteiger partial charge in [-0.15, -0.1) is 10.2 Å². The maximum atomic E-state index is 12.9. The Morgan fingerprint density at radius 3 is 2.60 bits per heavy atom. The lowest BCUT2D eigenvalue weighted by Crippen LogP contribution is -2.24. The Morgan fingerprint density at radius 2 is 1.87 bits per heavy atom. The number of carbonyl (C=O) groups is 2. The molecule has 0 aliphatic carbocycles. The number of nitrogens with zero attached hydrogens (tertiary/aromatic N) is 3. The second-order valence-electron chi connectivity index (χ2n) is 5.79. The zero-order chi connectivity index (χ0) is 21.5. The summed E-state index contributed by atoms with van der Waals surface area (Å²) in [6.07, 6.45) is 0. The van der Waals surface area contributed by atoms with Crippen LogP contribution in [-0.2, 0) is 11.3 Å². The molecule has 0 aliphatic rings. The number of rotatable bonds is 8.